The Labute approximate surface area is 162 Å². The minimum absolute atomic E-state index is 0.0989. The van der Waals surface area contributed by atoms with Gasteiger partial charge in [0.15, 0.2) is 11.0 Å². The molecule has 6 nitrogen and oxygen atoms in total. The third-order valence-corrected chi connectivity index (χ3v) is 4.73. The first-order chi connectivity index (χ1) is 13.2. The third kappa shape index (κ3) is 4.57. The molecular formula is C20H20N4O2S. The summed E-state index contributed by atoms with van der Waals surface area (Å²) in [7, 11) is 1.62. The summed E-state index contributed by atoms with van der Waals surface area (Å²) in [6.07, 6.45) is 1.77. The van der Waals surface area contributed by atoms with Crippen molar-refractivity contribution in [3.05, 3.63) is 67.3 Å². The molecule has 0 fully saturated rings. The van der Waals surface area contributed by atoms with E-state index in [1.807, 2.05) is 59.2 Å². The van der Waals surface area contributed by atoms with Crippen molar-refractivity contribution in [3.63, 3.8) is 0 Å². The molecule has 0 radical (unpaired) electrons. The second kappa shape index (κ2) is 9.05. The number of carbonyl (C=O) groups excluding carboxylic acids is 1. The minimum Gasteiger partial charge on any atom is -0.496 e. The van der Waals surface area contributed by atoms with E-state index < -0.39 is 0 Å². The number of aromatic nitrogens is 3. The Hall–Kier alpha value is -3.06. The number of carbonyl (C=O) groups is 1. The van der Waals surface area contributed by atoms with Gasteiger partial charge in [-0.1, -0.05) is 48.2 Å². The molecule has 0 aliphatic heterocycles. The first-order valence-corrected chi connectivity index (χ1v) is 9.36. The summed E-state index contributed by atoms with van der Waals surface area (Å²) in [4.78, 5) is 12.2. The average molecular weight is 380 g/mol. The number of para-hydroxylation sites is 2. The maximum absolute atomic E-state index is 12.2. The lowest BCUT2D eigenvalue weighted by Gasteiger charge is -2.10. The monoisotopic (exact) mass is 380 g/mol. The summed E-state index contributed by atoms with van der Waals surface area (Å²) in [6.45, 7) is 4.34. The zero-order valence-electron chi connectivity index (χ0n) is 15.0. The largest absolute Gasteiger partial charge is 0.496 e. The minimum atomic E-state index is -0.0989. The van der Waals surface area contributed by atoms with E-state index >= 15 is 0 Å². The second-order valence-electron chi connectivity index (χ2n) is 5.61. The van der Waals surface area contributed by atoms with E-state index in [2.05, 4.69) is 22.1 Å². The lowest BCUT2D eigenvalue weighted by Crippen LogP contribution is -2.14. The molecule has 0 atom stereocenters. The van der Waals surface area contributed by atoms with Crippen molar-refractivity contribution in [3.8, 4) is 17.1 Å². The fourth-order valence-electron chi connectivity index (χ4n) is 2.57. The highest BCUT2D eigenvalue weighted by atomic mass is 32.2. The number of anilines is 1. The molecule has 0 saturated heterocycles. The first-order valence-electron chi connectivity index (χ1n) is 8.38. The third-order valence-electron chi connectivity index (χ3n) is 3.77. The van der Waals surface area contributed by atoms with Crippen molar-refractivity contribution in [1.29, 1.82) is 0 Å². The number of benzene rings is 2. The van der Waals surface area contributed by atoms with Gasteiger partial charge < -0.3 is 10.1 Å². The van der Waals surface area contributed by atoms with Crippen LogP contribution in [0.5, 0.6) is 5.75 Å². The van der Waals surface area contributed by atoms with Crippen molar-refractivity contribution in [1.82, 2.24) is 14.8 Å². The summed E-state index contributed by atoms with van der Waals surface area (Å²) in [5.74, 6) is 1.53. The quantitative estimate of drug-likeness (QED) is 0.475. The molecule has 1 heterocycles. The first kappa shape index (κ1) is 18.7. The summed E-state index contributed by atoms with van der Waals surface area (Å²) >= 11 is 1.33. The van der Waals surface area contributed by atoms with Crippen LogP contribution in [0.2, 0.25) is 0 Å². The molecule has 0 spiro atoms. The molecule has 3 aromatic rings. The molecule has 7 heteroatoms. The van der Waals surface area contributed by atoms with Crippen LogP contribution in [-0.4, -0.2) is 33.5 Å². The molecule has 1 N–H and O–H groups in total. The molecule has 3 rings (SSSR count). The van der Waals surface area contributed by atoms with Crippen LogP contribution in [-0.2, 0) is 11.3 Å². The van der Waals surface area contributed by atoms with Gasteiger partial charge in [0.25, 0.3) is 0 Å². The van der Waals surface area contributed by atoms with Gasteiger partial charge in [0.1, 0.15) is 5.75 Å². The van der Waals surface area contributed by atoms with Gasteiger partial charge in [-0.15, -0.1) is 16.8 Å². The van der Waals surface area contributed by atoms with Gasteiger partial charge in [-0.3, -0.25) is 9.36 Å². The zero-order valence-corrected chi connectivity index (χ0v) is 15.8. The number of nitrogens with zero attached hydrogens (tertiary/aromatic N) is 3. The van der Waals surface area contributed by atoms with Crippen LogP contribution in [0.3, 0.4) is 0 Å². The molecule has 0 saturated carbocycles. The summed E-state index contributed by atoms with van der Waals surface area (Å²) in [6, 6.07) is 17.0. The molecule has 0 aliphatic rings. The lowest BCUT2D eigenvalue weighted by atomic mass is 10.2. The number of amides is 1. The Morgan fingerprint density at radius 1 is 1.19 bits per heavy atom. The fraction of sp³-hybridized carbons (Fsp3) is 0.150. The van der Waals surface area contributed by atoms with Gasteiger partial charge >= 0.3 is 0 Å². The second-order valence-corrected chi connectivity index (χ2v) is 6.55. The predicted octanol–water partition coefficient (Wildman–Crippen LogP) is 3.87. The number of rotatable bonds is 8. The van der Waals surface area contributed by atoms with E-state index in [9.17, 15) is 4.79 Å². The van der Waals surface area contributed by atoms with Gasteiger partial charge in [-0.2, -0.15) is 0 Å². The number of hydrogen-bond acceptors (Lipinski definition) is 5. The van der Waals surface area contributed by atoms with Gasteiger partial charge in [0, 0.05) is 12.2 Å². The molecule has 1 aromatic heterocycles. The van der Waals surface area contributed by atoms with Crippen LogP contribution >= 0.6 is 11.8 Å². The number of methoxy groups -OCH3 is 1. The van der Waals surface area contributed by atoms with Crippen LogP contribution in [0.4, 0.5) is 5.69 Å². The number of allylic oxidation sites excluding steroid dienone is 1. The zero-order chi connectivity index (χ0) is 19.1. The van der Waals surface area contributed by atoms with E-state index in [0.717, 1.165) is 11.3 Å². The molecule has 0 unspecified atom stereocenters. The Morgan fingerprint density at radius 2 is 1.93 bits per heavy atom. The van der Waals surface area contributed by atoms with Crippen LogP contribution in [0.1, 0.15) is 0 Å². The van der Waals surface area contributed by atoms with Crippen LogP contribution in [0.15, 0.2) is 72.4 Å². The average Bonchev–Trinajstić information content (AvgIpc) is 3.10. The number of nitrogens with one attached hydrogen (secondary N) is 1. The Morgan fingerprint density at radius 3 is 2.67 bits per heavy atom. The molecular weight excluding hydrogens is 360 g/mol. The van der Waals surface area contributed by atoms with Crippen molar-refractivity contribution in [2.75, 3.05) is 18.2 Å². The molecule has 0 bridgehead atoms. The molecule has 138 valence electrons. The highest BCUT2D eigenvalue weighted by Gasteiger charge is 2.17. The normalized spacial score (nSPS) is 10.4. The Bertz CT molecular complexity index is 925. The molecule has 27 heavy (non-hydrogen) atoms. The van der Waals surface area contributed by atoms with E-state index in [-0.39, 0.29) is 11.7 Å². The van der Waals surface area contributed by atoms with Gasteiger partial charge in [0.05, 0.1) is 18.4 Å². The smallest absolute Gasteiger partial charge is 0.234 e. The molecule has 1 amide bonds. The number of thioether (sulfide) groups is 1. The predicted molar refractivity (Wildman–Crippen MR) is 108 cm³/mol. The topological polar surface area (TPSA) is 69.0 Å². The Balaban J connectivity index is 1.77. The summed E-state index contributed by atoms with van der Waals surface area (Å²) in [5, 5.41) is 12.1. The van der Waals surface area contributed by atoms with Gasteiger partial charge in [-0.05, 0) is 24.3 Å². The standard InChI is InChI=1S/C20H20N4O2S/c1-3-13-24-19(16-11-7-8-12-17(16)26-2)22-23-20(24)27-14-18(25)21-15-9-5-4-6-10-15/h3-12H,1,13-14H2,2H3,(H,21,25). The van der Waals surface area contributed by atoms with Crippen molar-refractivity contribution in [2.45, 2.75) is 11.7 Å². The number of hydrogen-bond donors (Lipinski definition) is 1. The summed E-state index contributed by atoms with van der Waals surface area (Å²) in [5.41, 5.74) is 1.61. The maximum Gasteiger partial charge on any atom is 0.234 e. The molecule has 2 aromatic carbocycles. The lowest BCUT2D eigenvalue weighted by molar-refractivity contribution is -0.113. The van der Waals surface area contributed by atoms with E-state index in [4.69, 9.17) is 4.74 Å². The highest BCUT2D eigenvalue weighted by molar-refractivity contribution is 7.99. The van der Waals surface area contributed by atoms with Crippen molar-refractivity contribution in [2.24, 2.45) is 0 Å². The fourth-order valence-corrected chi connectivity index (χ4v) is 3.31. The summed E-state index contributed by atoms with van der Waals surface area (Å²) < 4.78 is 7.35. The number of ether oxygens (including phenoxy) is 1. The van der Waals surface area contributed by atoms with E-state index in [1.165, 1.54) is 11.8 Å². The Kier molecular flexibility index (Phi) is 6.27. The SMILES string of the molecule is C=CCn1c(SCC(=O)Nc2ccccc2)nnc1-c1ccccc1OC. The van der Waals surface area contributed by atoms with Crippen molar-refractivity contribution >= 4 is 23.4 Å². The van der Waals surface area contributed by atoms with Crippen LogP contribution < -0.4 is 10.1 Å². The maximum atomic E-state index is 12.2. The van der Waals surface area contributed by atoms with Crippen LogP contribution in [0, 0.1) is 0 Å². The van der Waals surface area contributed by atoms with Crippen molar-refractivity contribution < 1.29 is 9.53 Å². The van der Waals surface area contributed by atoms with Crippen LogP contribution in [0.25, 0.3) is 11.4 Å². The highest BCUT2D eigenvalue weighted by Crippen LogP contribution is 2.30. The van der Waals surface area contributed by atoms with E-state index in [0.29, 0.717) is 23.3 Å². The molecule has 0 aliphatic carbocycles. The van der Waals surface area contributed by atoms with Gasteiger partial charge in [-0.25, -0.2) is 0 Å². The van der Waals surface area contributed by atoms with E-state index in [1.54, 1.807) is 13.2 Å². The van der Waals surface area contributed by atoms with Gasteiger partial charge in [0.2, 0.25) is 5.91 Å².